The van der Waals surface area contributed by atoms with E-state index >= 15 is 0 Å². The van der Waals surface area contributed by atoms with Crippen molar-refractivity contribution in [3.05, 3.63) is 52.4 Å². The highest BCUT2D eigenvalue weighted by Crippen LogP contribution is 2.15. The number of nitrogens with zero attached hydrogens (tertiary/aromatic N) is 2. The summed E-state index contributed by atoms with van der Waals surface area (Å²) in [7, 11) is 1.52. The van der Waals surface area contributed by atoms with Crippen LogP contribution in [0.4, 0.5) is 14.6 Å². The Morgan fingerprint density at radius 2 is 2.05 bits per heavy atom. The molecule has 1 aromatic carbocycles. The zero-order valence-corrected chi connectivity index (χ0v) is 11.4. The summed E-state index contributed by atoms with van der Waals surface area (Å²) in [4.78, 5) is 8.13. The minimum absolute atomic E-state index is 0.159. The molecular weight excluding hydrogens is 288 g/mol. The molecule has 0 atom stereocenters. The second-order valence-electron chi connectivity index (χ2n) is 4.01. The smallest absolute Gasteiger partial charge is 0.158 e. The van der Waals surface area contributed by atoms with Crippen molar-refractivity contribution in [3.63, 3.8) is 0 Å². The van der Waals surface area contributed by atoms with Gasteiger partial charge in [-0.25, -0.2) is 18.7 Å². The number of nitrogens with one attached hydrogen (secondary N) is 1. The second-order valence-corrected chi connectivity index (χ2v) is 4.40. The van der Waals surface area contributed by atoms with Crippen molar-refractivity contribution in [1.29, 1.82) is 0 Å². The molecule has 2 rings (SSSR count). The van der Waals surface area contributed by atoms with Crippen LogP contribution in [0.2, 0.25) is 5.15 Å². The standard InChI is InChI=1S/C13H12ClF2N3O/c1-20-7-13-18-11(14)5-12(19-13)17-6-8-2-3-9(15)4-10(8)16/h2-5H,6-7H2,1H3,(H,17,18,19). The van der Waals surface area contributed by atoms with Gasteiger partial charge in [-0.3, -0.25) is 0 Å². The molecular formula is C13H12ClF2N3O. The van der Waals surface area contributed by atoms with Crippen molar-refractivity contribution in [2.75, 3.05) is 12.4 Å². The molecule has 0 aliphatic heterocycles. The number of hydrogen-bond donors (Lipinski definition) is 1. The average Bonchev–Trinajstić information content (AvgIpc) is 2.37. The topological polar surface area (TPSA) is 47.0 Å². The Bertz CT molecular complexity index is 610. The predicted molar refractivity (Wildman–Crippen MR) is 71.4 cm³/mol. The van der Waals surface area contributed by atoms with Gasteiger partial charge in [0.05, 0.1) is 0 Å². The lowest BCUT2D eigenvalue weighted by atomic mass is 10.2. The van der Waals surface area contributed by atoms with Crippen molar-refractivity contribution in [1.82, 2.24) is 9.97 Å². The number of methoxy groups -OCH3 is 1. The van der Waals surface area contributed by atoms with Crippen LogP contribution in [-0.2, 0) is 17.9 Å². The predicted octanol–water partition coefficient (Wildman–Crippen LogP) is 3.17. The van der Waals surface area contributed by atoms with E-state index in [1.54, 1.807) is 0 Å². The Morgan fingerprint density at radius 3 is 2.75 bits per heavy atom. The molecule has 0 aliphatic rings. The summed E-state index contributed by atoms with van der Waals surface area (Å²) in [5, 5.41) is 3.17. The highest BCUT2D eigenvalue weighted by atomic mass is 35.5. The van der Waals surface area contributed by atoms with Gasteiger partial charge in [0.2, 0.25) is 0 Å². The Hall–Kier alpha value is -1.79. The maximum Gasteiger partial charge on any atom is 0.158 e. The number of aromatic nitrogens is 2. The van der Waals surface area contributed by atoms with Crippen LogP contribution in [0.25, 0.3) is 0 Å². The minimum Gasteiger partial charge on any atom is -0.377 e. The van der Waals surface area contributed by atoms with Crippen molar-refractivity contribution in [2.45, 2.75) is 13.2 Å². The maximum atomic E-state index is 13.5. The summed E-state index contributed by atoms with van der Waals surface area (Å²) in [5.74, 6) is -0.365. The molecule has 0 bridgehead atoms. The third kappa shape index (κ3) is 3.85. The Kier molecular flexibility index (Phi) is 4.81. The first-order valence-corrected chi connectivity index (χ1v) is 6.16. The molecule has 1 aromatic heterocycles. The van der Waals surface area contributed by atoms with Crippen LogP contribution in [0.3, 0.4) is 0 Å². The number of benzene rings is 1. The Morgan fingerprint density at radius 1 is 1.25 bits per heavy atom. The van der Waals surface area contributed by atoms with Crippen LogP contribution in [-0.4, -0.2) is 17.1 Å². The van der Waals surface area contributed by atoms with E-state index in [2.05, 4.69) is 15.3 Å². The fourth-order valence-electron chi connectivity index (χ4n) is 1.60. The van der Waals surface area contributed by atoms with E-state index in [-0.39, 0.29) is 18.3 Å². The van der Waals surface area contributed by atoms with Crippen molar-refractivity contribution in [3.8, 4) is 0 Å². The lowest BCUT2D eigenvalue weighted by molar-refractivity contribution is 0.178. The van der Waals surface area contributed by atoms with Gasteiger partial charge in [-0.2, -0.15) is 0 Å². The molecule has 4 nitrogen and oxygen atoms in total. The summed E-state index contributed by atoms with van der Waals surface area (Å²) in [5.41, 5.74) is 0.328. The third-order valence-corrected chi connectivity index (χ3v) is 2.68. The molecule has 0 aliphatic carbocycles. The molecule has 1 heterocycles. The number of ether oxygens (including phenoxy) is 1. The van der Waals surface area contributed by atoms with E-state index in [0.717, 1.165) is 6.07 Å². The molecule has 0 saturated carbocycles. The van der Waals surface area contributed by atoms with Gasteiger partial charge in [0.25, 0.3) is 0 Å². The molecule has 0 saturated heterocycles. The number of anilines is 1. The monoisotopic (exact) mass is 299 g/mol. The molecule has 106 valence electrons. The molecule has 0 fully saturated rings. The number of halogens is 3. The van der Waals surface area contributed by atoms with Gasteiger partial charge in [0.15, 0.2) is 5.82 Å². The molecule has 2 aromatic rings. The van der Waals surface area contributed by atoms with Crippen LogP contribution in [0.1, 0.15) is 11.4 Å². The molecule has 0 unspecified atom stereocenters. The van der Waals surface area contributed by atoms with Crippen molar-refractivity contribution >= 4 is 17.4 Å². The van der Waals surface area contributed by atoms with E-state index in [9.17, 15) is 8.78 Å². The first kappa shape index (κ1) is 14.6. The summed E-state index contributed by atoms with van der Waals surface area (Å²) in [6.45, 7) is 0.381. The quantitative estimate of drug-likeness (QED) is 0.862. The zero-order chi connectivity index (χ0) is 14.5. The van der Waals surface area contributed by atoms with Crippen LogP contribution >= 0.6 is 11.6 Å². The van der Waals surface area contributed by atoms with Crippen LogP contribution in [0.5, 0.6) is 0 Å². The van der Waals surface area contributed by atoms with E-state index < -0.39 is 11.6 Å². The number of hydrogen-bond acceptors (Lipinski definition) is 4. The van der Waals surface area contributed by atoms with Gasteiger partial charge in [-0.15, -0.1) is 0 Å². The Labute approximate surface area is 119 Å². The largest absolute Gasteiger partial charge is 0.377 e. The normalized spacial score (nSPS) is 10.6. The van der Waals surface area contributed by atoms with E-state index in [1.165, 1.54) is 25.3 Å². The van der Waals surface area contributed by atoms with Gasteiger partial charge in [-0.05, 0) is 6.07 Å². The maximum absolute atomic E-state index is 13.5. The van der Waals surface area contributed by atoms with Gasteiger partial charge in [0.1, 0.15) is 29.2 Å². The number of rotatable bonds is 5. The van der Waals surface area contributed by atoms with Crippen LogP contribution < -0.4 is 5.32 Å². The SMILES string of the molecule is COCc1nc(Cl)cc(NCc2ccc(F)cc2F)n1. The third-order valence-electron chi connectivity index (χ3n) is 2.49. The van der Waals surface area contributed by atoms with Gasteiger partial charge in [0, 0.05) is 31.4 Å². The van der Waals surface area contributed by atoms with E-state index in [0.29, 0.717) is 17.2 Å². The molecule has 0 spiro atoms. The van der Waals surface area contributed by atoms with Gasteiger partial charge < -0.3 is 10.1 Å². The molecule has 7 heteroatoms. The van der Waals surface area contributed by atoms with Crippen LogP contribution in [0, 0.1) is 11.6 Å². The highest BCUT2D eigenvalue weighted by molar-refractivity contribution is 6.29. The summed E-state index contributed by atoms with van der Waals surface area (Å²) in [6.07, 6.45) is 0. The summed E-state index contributed by atoms with van der Waals surface area (Å²) >= 11 is 5.85. The molecule has 0 radical (unpaired) electrons. The Balaban J connectivity index is 2.10. The average molecular weight is 300 g/mol. The lowest BCUT2D eigenvalue weighted by Crippen LogP contribution is -2.06. The lowest BCUT2D eigenvalue weighted by Gasteiger charge is -2.08. The first-order valence-electron chi connectivity index (χ1n) is 5.78. The van der Waals surface area contributed by atoms with Crippen molar-refractivity contribution in [2.24, 2.45) is 0 Å². The van der Waals surface area contributed by atoms with Crippen LogP contribution in [0.15, 0.2) is 24.3 Å². The first-order chi connectivity index (χ1) is 9.58. The molecule has 1 N–H and O–H groups in total. The molecule has 20 heavy (non-hydrogen) atoms. The van der Waals surface area contributed by atoms with E-state index in [4.69, 9.17) is 16.3 Å². The van der Waals surface area contributed by atoms with E-state index in [1.807, 2.05) is 0 Å². The highest BCUT2D eigenvalue weighted by Gasteiger charge is 2.06. The van der Waals surface area contributed by atoms with Gasteiger partial charge >= 0.3 is 0 Å². The second kappa shape index (κ2) is 6.58. The fraction of sp³-hybridized carbons (Fsp3) is 0.231. The minimum atomic E-state index is -0.616. The van der Waals surface area contributed by atoms with Gasteiger partial charge in [-0.1, -0.05) is 17.7 Å². The van der Waals surface area contributed by atoms with Crippen molar-refractivity contribution < 1.29 is 13.5 Å². The summed E-state index contributed by atoms with van der Waals surface area (Å²) < 4.78 is 31.2. The zero-order valence-electron chi connectivity index (χ0n) is 10.7. The summed E-state index contributed by atoms with van der Waals surface area (Å²) in [6, 6.07) is 4.92. The fourth-order valence-corrected chi connectivity index (χ4v) is 1.80. The molecule has 0 amide bonds.